The summed E-state index contributed by atoms with van der Waals surface area (Å²) >= 11 is 1.42. The van der Waals surface area contributed by atoms with Crippen molar-refractivity contribution in [2.75, 3.05) is 20.1 Å². The van der Waals surface area contributed by atoms with Gasteiger partial charge in [-0.05, 0) is 42.8 Å². The molecule has 1 unspecified atom stereocenters. The molecule has 1 atom stereocenters. The van der Waals surface area contributed by atoms with E-state index in [2.05, 4.69) is 9.97 Å². The monoisotopic (exact) mass is 436 g/mol. The van der Waals surface area contributed by atoms with Crippen LogP contribution in [0.4, 0.5) is 0 Å². The normalized spacial score (nSPS) is 16.2. The number of carbonyl (C=O) groups excluding carboxylic acids is 2. The lowest BCUT2D eigenvalue weighted by Gasteiger charge is -2.23. The molecule has 1 aromatic carbocycles. The zero-order valence-corrected chi connectivity index (χ0v) is 17.9. The maximum Gasteiger partial charge on any atom is 0.289 e. The minimum Gasteiger partial charge on any atom is -0.451 e. The zero-order valence-electron chi connectivity index (χ0n) is 17.1. The fourth-order valence-corrected chi connectivity index (χ4v) is 4.56. The number of thiazole rings is 1. The second-order valence-electron chi connectivity index (χ2n) is 7.54. The molecule has 0 aliphatic carbocycles. The van der Waals surface area contributed by atoms with E-state index >= 15 is 0 Å². The summed E-state index contributed by atoms with van der Waals surface area (Å²) in [6.07, 6.45) is 2.46. The van der Waals surface area contributed by atoms with Gasteiger partial charge in [0.05, 0.1) is 10.7 Å². The quantitative estimate of drug-likeness (QED) is 0.482. The lowest BCUT2D eigenvalue weighted by molar-refractivity contribution is -0.127. The number of aromatic nitrogens is 2. The number of ether oxygens (including phenoxy) is 1. The van der Waals surface area contributed by atoms with Crippen LogP contribution in [-0.2, 0) is 4.79 Å². The summed E-state index contributed by atoms with van der Waals surface area (Å²) in [6, 6.07) is 10.9. The first-order valence-electron chi connectivity index (χ1n) is 9.93. The number of rotatable bonds is 4. The third-order valence-corrected chi connectivity index (χ3v) is 6.41. The Bertz CT molecular complexity index is 1260. The van der Waals surface area contributed by atoms with E-state index in [1.54, 1.807) is 48.2 Å². The van der Waals surface area contributed by atoms with Crippen molar-refractivity contribution in [3.8, 4) is 10.9 Å². The third-order valence-electron chi connectivity index (χ3n) is 5.53. The summed E-state index contributed by atoms with van der Waals surface area (Å²) < 4.78 is 12.6. The topological polar surface area (TPSA) is 88.8 Å². The van der Waals surface area contributed by atoms with Gasteiger partial charge in [-0.25, -0.2) is 4.98 Å². The highest BCUT2D eigenvalue weighted by Crippen LogP contribution is 2.32. The van der Waals surface area contributed by atoms with Crippen LogP contribution in [0.2, 0.25) is 0 Å². The maximum atomic E-state index is 12.9. The SMILES string of the molecule is CC(=O)N1CCC(N(C)C(=O)c2cc3cc(Oc4nc5ncccc5s4)ccc3o2)C1. The van der Waals surface area contributed by atoms with Gasteiger partial charge in [0.25, 0.3) is 11.1 Å². The molecule has 1 fully saturated rings. The number of furan rings is 1. The van der Waals surface area contributed by atoms with E-state index in [4.69, 9.17) is 9.15 Å². The van der Waals surface area contributed by atoms with Crippen molar-refractivity contribution >= 4 is 44.5 Å². The molecule has 5 rings (SSSR count). The van der Waals surface area contributed by atoms with Crippen molar-refractivity contribution in [2.24, 2.45) is 0 Å². The second-order valence-corrected chi connectivity index (χ2v) is 8.53. The summed E-state index contributed by atoms with van der Waals surface area (Å²) in [7, 11) is 1.75. The number of pyridine rings is 1. The highest BCUT2D eigenvalue weighted by atomic mass is 32.1. The van der Waals surface area contributed by atoms with Crippen molar-refractivity contribution in [3.63, 3.8) is 0 Å². The molecule has 0 bridgehead atoms. The Morgan fingerprint density at radius 3 is 2.94 bits per heavy atom. The van der Waals surface area contributed by atoms with E-state index in [9.17, 15) is 9.59 Å². The molecule has 4 heterocycles. The molecule has 1 aliphatic heterocycles. The Morgan fingerprint density at radius 1 is 1.29 bits per heavy atom. The van der Waals surface area contributed by atoms with E-state index in [0.29, 0.717) is 35.3 Å². The predicted octanol–water partition coefficient (Wildman–Crippen LogP) is 3.92. The van der Waals surface area contributed by atoms with Crippen LogP contribution >= 0.6 is 11.3 Å². The van der Waals surface area contributed by atoms with Crippen LogP contribution in [0.5, 0.6) is 10.9 Å². The molecule has 1 aliphatic rings. The van der Waals surface area contributed by atoms with Gasteiger partial charge in [0, 0.05) is 38.6 Å². The van der Waals surface area contributed by atoms with Crippen molar-refractivity contribution < 1.29 is 18.7 Å². The van der Waals surface area contributed by atoms with Gasteiger partial charge in [-0.15, -0.1) is 0 Å². The first kappa shape index (κ1) is 19.5. The number of nitrogens with zero attached hydrogens (tertiary/aromatic N) is 4. The largest absolute Gasteiger partial charge is 0.451 e. The summed E-state index contributed by atoms with van der Waals surface area (Å²) in [5, 5.41) is 1.27. The highest BCUT2D eigenvalue weighted by Gasteiger charge is 2.31. The fraction of sp³-hybridized carbons (Fsp3) is 0.273. The van der Waals surface area contributed by atoms with Gasteiger partial charge in [-0.1, -0.05) is 11.3 Å². The molecule has 31 heavy (non-hydrogen) atoms. The molecule has 3 aromatic heterocycles. The lowest BCUT2D eigenvalue weighted by atomic mass is 10.2. The number of amides is 2. The van der Waals surface area contributed by atoms with Gasteiger partial charge in [-0.2, -0.15) is 4.98 Å². The van der Waals surface area contributed by atoms with E-state index in [1.165, 1.54) is 11.3 Å². The Kier molecular flexibility index (Phi) is 4.82. The van der Waals surface area contributed by atoms with Crippen molar-refractivity contribution in [3.05, 3.63) is 48.4 Å². The molecule has 0 spiro atoms. The summed E-state index contributed by atoms with van der Waals surface area (Å²) in [4.78, 5) is 36.5. The number of benzene rings is 1. The first-order chi connectivity index (χ1) is 15.0. The van der Waals surface area contributed by atoms with E-state index in [-0.39, 0.29) is 23.6 Å². The fourth-order valence-electron chi connectivity index (χ4n) is 3.77. The van der Waals surface area contributed by atoms with Crippen LogP contribution in [0.15, 0.2) is 47.0 Å². The van der Waals surface area contributed by atoms with Crippen LogP contribution in [0.25, 0.3) is 21.3 Å². The molecule has 9 heteroatoms. The van der Waals surface area contributed by atoms with Gasteiger partial charge in [0.1, 0.15) is 11.3 Å². The maximum absolute atomic E-state index is 12.9. The minimum atomic E-state index is -0.202. The lowest BCUT2D eigenvalue weighted by Crippen LogP contribution is -2.39. The molecular weight excluding hydrogens is 416 g/mol. The Balaban J connectivity index is 1.34. The molecule has 4 aromatic rings. The van der Waals surface area contributed by atoms with Crippen molar-refractivity contribution in [1.82, 2.24) is 19.8 Å². The highest BCUT2D eigenvalue weighted by molar-refractivity contribution is 7.20. The van der Waals surface area contributed by atoms with E-state index in [1.807, 2.05) is 18.2 Å². The van der Waals surface area contributed by atoms with Crippen LogP contribution < -0.4 is 4.74 Å². The minimum absolute atomic E-state index is 0.0175. The number of hydrogen-bond acceptors (Lipinski definition) is 7. The smallest absolute Gasteiger partial charge is 0.289 e. The zero-order chi connectivity index (χ0) is 21.5. The molecule has 0 N–H and O–H groups in total. The van der Waals surface area contributed by atoms with Crippen molar-refractivity contribution in [2.45, 2.75) is 19.4 Å². The molecule has 8 nitrogen and oxygen atoms in total. The number of carbonyl (C=O) groups is 2. The van der Waals surface area contributed by atoms with Gasteiger partial charge in [0.2, 0.25) is 5.91 Å². The average molecular weight is 436 g/mol. The van der Waals surface area contributed by atoms with E-state index < -0.39 is 0 Å². The average Bonchev–Trinajstić information content (AvgIpc) is 3.49. The molecule has 2 amide bonds. The van der Waals surface area contributed by atoms with Crippen LogP contribution in [0.3, 0.4) is 0 Å². The molecule has 0 saturated carbocycles. The van der Waals surface area contributed by atoms with Gasteiger partial charge >= 0.3 is 0 Å². The third kappa shape index (κ3) is 3.72. The van der Waals surface area contributed by atoms with Gasteiger partial charge in [0.15, 0.2) is 11.4 Å². The van der Waals surface area contributed by atoms with Crippen LogP contribution in [0, 0.1) is 0 Å². The summed E-state index contributed by atoms with van der Waals surface area (Å²) in [5.41, 5.74) is 1.25. The second kappa shape index (κ2) is 7.66. The van der Waals surface area contributed by atoms with Gasteiger partial charge < -0.3 is 19.0 Å². The number of likely N-dealkylation sites (tertiary alicyclic amines) is 1. The Morgan fingerprint density at radius 2 is 2.16 bits per heavy atom. The number of hydrogen-bond donors (Lipinski definition) is 0. The van der Waals surface area contributed by atoms with Crippen molar-refractivity contribution in [1.29, 1.82) is 0 Å². The standard InChI is InChI=1S/C22H20N4O4S/c1-13(27)26-9-7-15(12-26)25(2)21(28)18-11-14-10-16(5-6-17(14)30-18)29-22-24-20-19(31-22)4-3-8-23-20/h3-6,8,10-11,15H,7,9,12H2,1-2H3. The summed E-state index contributed by atoms with van der Waals surface area (Å²) in [5.74, 6) is 0.697. The molecule has 1 saturated heterocycles. The molecule has 0 radical (unpaired) electrons. The number of fused-ring (bicyclic) bond motifs is 2. The Hall–Kier alpha value is -3.46. The number of likely N-dealkylation sites (N-methyl/N-ethyl adjacent to an activating group) is 1. The summed E-state index contributed by atoms with van der Waals surface area (Å²) in [6.45, 7) is 2.76. The predicted molar refractivity (Wildman–Crippen MR) is 116 cm³/mol. The van der Waals surface area contributed by atoms with Crippen LogP contribution in [-0.4, -0.2) is 57.8 Å². The molecule has 158 valence electrons. The first-order valence-corrected chi connectivity index (χ1v) is 10.8. The van der Waals surface area contributed by atoms with Gasteiger partial charge in [-0.3, -0.25) is 9.59 Å². The molecular formula is C22H20N4O4S. The van der Waals surface area contributed by atoms with Crippen LogP contribution in [0.1, 0.15) is 23.9 Å². The van der Waals surface area contributed by atoms with E-state index in [0.717, 1.165) is 16.5 Å². The Labute approximate surface area is 182 Å².